The maximum atomic E-state index is 13.0. The molecule has 2 aromatic heterocycles. The molecule has 2 heterocycles. The highest BCUT2D eigenvalue weighted by atomic mass is 32.1. The van der Waals surface area contributed by atoms with Gasteiger partial charge in [0.15, 0.2) is 5.13 Å². The molecule has 0 spiro atoms. The largest absolute Gasteiger partial charge is 0.396 e. The zero-order valence-corrected chi connectivity index (χ0v) is 22.5. The number of hydrogen-bond donors (Lipinski definition) is 4. The van der Waals surface area contributed by atoms with Crippen molar-refractivity contribution in [3.05, 3.63) is 33.0 Å². The fourth-order valence-electron chi connectivity index (χ4n) is 5.94. The molecule has 192 valence electrons. The highest BCUT2D eigenvalue weighted by Crippen LogP contribution is 2.62. The SMILES string of the molecule is CN(C)CCNC(=O)C[C@@H]1c2nc(NC(=O)c3cccs3)sc2C[C@@H]2[C@](C)(CO)[C@H](O)CC[C@]21C. The molecule has 0 aliphatic heterocycles. The Bertz CT molecular complexity index is 1060. The Morgan fingerprint density at radius 3 is 2.74 bits per heavy atom. The average Bonchev–Trinajstić information content (AvgIpc) is 3.48. The number of aromatic nitrogens is 1. The van der Waals surface area contributed by atoms with Crippen LogP contribution >= 0.6 is 22.7 Å². The molecular formula is C25H36N4O4S2. The summed E-state index contributed by atoms with van der Waals surface area (Å²) >= 11 is 2.82. The molecule has 2 aliphatic carbocycles. The molecule has 0 aromatic carbocycles. The van der Waals surface area contributed by atoms with Gasteiger partial charge in [0.2, 0.25) is 5.91 Å². The van der Waals surface area contributed by atoms with Crippen LogP contribution in [0.4, 0.5) is 5.13 Å². The quantitative estimate of drug-likeness (QED) is 0.426. The molecule has 0 radical (unpaired) electrons. The zero-order valence-electron chi connectivity index (χ0n) is 20.8. The first-order valence-electron chi connectivity index (χ1n) is 12.1. The number of thiazole rings is 1. The molecule has 5 atom stereocenters. The number of hydrogen-bond acceptors (Lipinski definition) is 8. The Morgan fingerprint density at radius 1 is 1.31 bits per heavy atom. The molecule has 0 saturated heterocycles. The van der Waals surface area contributed by atoms with Crippen LogP contribution in [0.25, 0.3) is 0 Å². The van der Waals surface area contributed by atoms with E-state index < -0.39 is 11.5 Å². The minimum absolute atomic E-state index is 0.0166. The standard InChI is InChI=1S/C25H36N4O4S2/c1-24-8-7-19(31)25(2,14-30)18(24)13-17-21(15(24)12-20(32)26-9-10-29(3)4)27-23(35-17)28-22(33)16-6-5-11-34-16/h5-6,11,15,18-19,30-31H,7-10,12-14H2,1-4H3,(H,26,32)(H,27,28,33)/t15-,18+,19-,24+,25+/m1/s1. The number of carbonyl (C=O) groups is 2. The van der Waals surface area contributed by atoms with Gasteiger partial charge in [-0.1, -0.05) is 19.9 Å². The van der Waals surface area contributed by atoms with E-state index in [0.29, 0.717) is 29.4 Å². The third-order valence-corrected chi connectivity index (χ3v) is 10.0. The lowest BCUT2D eigenvalue weighted by Gasteiger charge is -2.58. The van der Waals surface area contributed by atoms with E-state index in [2.05, 4.69) is 17.6 Å². The average molecular weight is 521 g/mol. The van der Waals surface area contributed by atoms with Gasteiger partial charge in [0.05, 0.1) is 23.3 Å². The molecule has 0 unspecified atom stereocenters. The predicted molar refractivity (Wildman–Crippen MR) is 139 cm³/mol. The summed E-state index contributed by atoms with van der Waals surface area (Å²) in [5.41, 5.74) is -0.116. The van der Waals surface area contributed by atoms with Crippen LogP contribution in [0.2, 0.25) is 0 Å². The van der Waals surface area contributed by atoms with E-state index in [9.17, 15) is 19.8 Å². The van der Waals surface area contributed by atoms with Crippen molar-refractivity contribution in [2.45, 2.75) is 51.6 Å². The summed E-state index contributed by atoms with van der Waals surface area (Å²) in [5.74, 6) is -0.406. The molecule has 1 saturated carbocycles. The highest BCUT2D eigenvalue weighted by Gasteiger charge is 2.59. The van der Waals surface area contributed by atoms with Gasteiger partial charge in [-0.05, 0) is 56.1 Å². The number of aliphatic hydroxyl groups excluding tert-OH is 2. The van der Waals surface area contributed by atoms with Gasteiger partial charge in [0.1, 0.15) is 0 Å². The minimum Gasteiger partial charge on any atom is -0.396 e. The summed E-state index contributed by atoms with van der Waals surface area (Å²) in [5, 5.41) is 29.6. The number of anilines is 1. The van der Waals surface area contributed by atoms with Crippen molar-refractivity contribution in [1.82, 2.24) is 15.2 Å². The van der Waals surface area contributed by atoms with Gasteiger partial charge in [-0.2, -0.15) is 0 Å². The number of nitrogens with zero attached hydrogens (tertiary/aromatic N) is 2. The maximum Gasteiger partial charge on any atom is 0.267 e. The van der Waals surface area contributed by atoms with Crippen molar-refractivity contribution in [1.29, 1.82) is 0 Å². The molecule has 10 heteroatoms. The third kappa shape index (κ3) is 5.04. The van der Waals surface area contributed by atoms with Gasteiger partial charge in [-0.3, -0.25) is 14.9 Å². The molecule has 35 heavy (non-hydrogen) atoms. The number of rotatable bonds is 8. The van der Waals surface area contributed by atoms with E-state index in [1.165, 1.54) is 22.7 Å². The molecule has 2 aromatic rings. The van der Waals surface area contributed by atoms with Gasteiger partial charge < -0.3 is 20.4 Å². The van der Waals surface area contributed by atoms with Crippen LogP contribution < -0.4 is 10.6 Å². The van der Waals surface area contributed by atoms with E-state index in [4.69, 9.17) is 4.98 Å². The predicted octanol–water partition coefficient (Wildman–Crippen LogP) is 2.94. The van der Waals surface area contributed by atoms with Crippen molar-refractivity contribution in [3.8, 4) is 0 Å². The van der Waals surface area contributed by atoms with E-state index >= 15 is 0 Å². The number of thiophene rings is 1. The first-order valence-corrected chi connectivity index (χ1v) is 13.8. The monoisotopic (exact) mass is 520 g/mol. The second-order valence-corrected chi connectivity index (χ2v) is 12.7. The van der Waals surface area contributed by atoms with Gasteiger partial charge in [0, 0.05) is 35.7 Å². The molecule has 1 fully saturated rings. The number of fused-ring (bicyclic) bond motifs is 2. The van der Waals surface area contributed by atoms with Crippen LogP contribution in [-0.4, -0.2) is 71.8 Å². The topological polar surface area (TPSA) is 115 Å². The van der Waals surface area contributed by atoms with Crippen molar-refractivity contribution in [2.75, 3.05) is 39.1 Å². The number of amides is 2. The minimum atomic E-state index is -0.672. The summed E-state index contributed by atoms with van der Waals surface area (Å²) < 4.78 is 0. The first-order chi connectivity index (χ1) is 16.6. The Balaban J connectivity index is 1.66. The van der Waals surface area contributed by atoms with Crippen molar-refractivity contribution >= 4 is 39.6 Å². The lowest BCUT2D eigenvalue weighted by Crippen LogP contribution is -2.57. The van der Waals surface area contributed by atoms with Crippen molar-refractivity contribution in [2.24, 2.45) is 16.7 Å². The number of nitrogens with one attached hydrogen (secondary N) is 2. The Hall–Kier alpha value is -1.85. The lowest BCUT2D eigenvalue weighted by atomic mass is 9.47. The lowest BCUT2D eigenvalue weighted by molar-refractivity contribution is -0.144. The van der Waals surface area contributed by atoms with Crippen LogP contribution in [0.1, 0.15) is 59.3 Å². The van der Waals surface area contributed by atoms with E-state index in [-0.39, 0.29) is 42.1 Å². The number of likely N-dealkylation sites (N-methyl/N-ethyl adjacent to an activating group) is 1. The molecule has 4 rings (SSSR count). The van der Waals surface area contributed by atoms with Gasteiger partial charge in [-0.25, -0.2) is 4.98 Å². The Labute approximate surface area is 214 Å². The van der Waals surface area contributed by atoms with Crippen LogP contribution in [0, 0.1) is 16.7 Å². The summed E-state index contributed by atoms with van der Waals surface area (Å²) in [4.78, 5) is 34.2. The summed E-state index contributed by atoms with van der Waals surface area (Å²) in [6.45, 7) is 5.34. The molecule has 4 N–H and O–H groups in total. The van der Waals surface area contributed by atoms with E-state index in [0.717, 1.165) is 23.5 Å². The van der Waals surface area contributed by atoms with Gasteiger partial charge >= 0.3 is 0 Å². The van der Waals surface area contributed by atoms with Crippen LogP contribution in [0.5, 0.6) is 0 Å². The molecular weight excluding hydrogens is 484 g/mol. The third-order valence-electron chi connectivity index (χ3n) is 8.13. The second-order valence-electron chi connectivity index (χ2n) is 10.6. The van der Waals surface area contributed by atoms with Crippen molar-refractivity contribution in [3.63, 3.8) is 0 Å². The molecule has 0 bridgehead atoms. The summed E-state index contributed by atoms with van der Waals surface area (Å²) in [7, 11) is 3.94. The smallest absolute Gasteiger partial charge is 0.267 e. The second kappa shape index (κ2) is 10.3. The van der Waals surface area contributed by atoms with Crippen LogP contribution in [0.3, 0.4) is 0 Å². The van der Waals surface area contributed by atoms with Gasteiger partial charge in [0.25, 0.3) is 5.91 Å². The van der Waals surface area contributed by atoms with Gasteiger partial charge in [-0.15, -0.1) is 22.7 Å². The van der Waals surface area contributed by atoms with Crippen molar-refractivity contribution < 1.29 is 19.8 Å². The van der Waals surface area contributed by atoms with Crippen LogP contribution in [-0.2, 0) is 11.2 Å². The molecule has 8 nitrogen and oxygen atoms in total. The Kier molecular flexibility index (Phi) is 7.68. The Morgan fingerprint density at radius 2 is 2.09 bits per heavy atom. The molecule has 2 aliphatic rings. The summed E-state index contributed by atoms with van der Waals surface area (Å²) in [6, 6.07) is 3.61. The van der Waals surface area contributed by atoms with E-state index in [1.54, 1.807) is 6.07 Å². The highest BCUT2D eigenvalue weighted by molar-refractivity contribution is 7.16. The van der Waals surface area contributed by atoms with E-state index in [1.807, 2.05) is 37.4 Å². The zero-order chi connectivity index (χ0) is 25.4. The molecule has 2 amide bonds. The fraction of sp³-hybridized carbons (Fsp3) is 0.640. The fourth-order valence-corrected chi connectivity index (χ4v) is 7.62. The summed E-state index contributed by atoms with van der Waals surface area (Å²) in [6.07, 6.45) is 1.66. The van der Waals surface area contributed by atoms with Crippen LogP contribution in [0.15, 0.2) is 17.5 Å². The number of carbonyl (C=O) groups excluding carboxylic acids is 2. The first kappa shape index (κ1) is 26.2. The maximum absolute atomic E-state index is 13.0. The number of aliphatic hydroxyl groups is 2. The normalized spacial score (nSPS) is 30.0.